The summed E-state index contributed by atoms with van der Waals surface area (Å²) in [5, 5.41) is 0. The molecule has 2 N–H and O–H groups in total. The first-order valence-electron chi connectivity index (χ1n) is 5.77. The van der Waals surface area contributed by atoms with Crippen LogP contribution >= 0.6 is 0 Å². The van der Waals surface area contributed by atoms with Gasteiger partial charge in [-0.25, -0.2) is 8.42 Å². The van der Waals surface area contributed by atoms with Gasteiger partial charge in [-0.15, -0.1) is 0 Å². The molecule has 94 valence electrons. The van der Waals surface area contributed by atoms with E-state index in [-0.39, 0.29) is 17.5 Å². The highest BCUT2D eigenvalue weighted by molar-refractivity contribution is 7.89. The van der Waals surface area contributed by atoms with Crippen LogP contribution in [0.3, 0.4) is 0 Å². The highest BCUT2D eigenvalue weighted by Gasteiger charge is 2.37. The van der Waals surface area contributed by atoms with E-state index < -0.39 is 10.0 Å². The van der Waals surface area contributed by atoms with E-state index in [1.807, 2.05) is 6.92 Å². The van der Waals surface area contributed by atoms with Gasteiger partial charge in [0.05, 0.1) is 5.69 Å². The number of hydrogen-bond donors (Lipinski definition) is 1. The Morgan fingerprint density at radius 1 is 1.53 bits per heavy atom. The van der Waals surface area contributed by atoms with Gasteiger partial charge in [0.2, 0.25) is 10.0 Å². The van der Waals surface area contributed by atoms with Crippen LogP contribution in [0.5, 0.6) is 0 Å². The Labute approximate surface area is 102 Å². The Kier molecular flexibility index (Phi) is 3.46. The van der Waals surface area contributed by atoms with E-state index in [0.29, 0.717) is 12.2 Å². The van der Waals surface area contributed by atoms with Crippen LogP contribution in [-0.2, 0) is 16.6 Å². The topological polar surface area (TPSA) is 76.3 Å². The van der Waals surface area contributed by atoms with Crippen molar-refractivity contribution in [3.8, 4) is 0 Å². The van der Waals surface area contributed by atoms with Crippen molar-refractivity contribution in [3.05, 3.63) is 24.0 Å². The monoisotopic (exact) mass is 255 g/mol. The first-order chi connectivity index (χ1) is 8.11. The van der Waals surface area contributed by atoms with Crippen LogP contribution in [0.4, 0.5) is 0 Å². The average Bonchev–Trinajstić information content (AvgIpc) is 3.14. The van der Waals surface area contributed by atoms with Gasteiger partial charge in [-0.2, -0.15) is 4.31 Å². The lowest BCUT2D eigenvalue weighted by Gasteiger charge is -2.20. The zero-order valence-electron chi connectivity index (χ0n) is 9.83. The lowest BCUT2D eigenvalue weighted by molar-refractivity contribution is 0.420. The minimum Gasteiger partial charge on any atom is -0.325 e. The fraction of sp³-hybridized carbons (Fsp3) is 0.545. The summed E-state index contributed by atoms with van der Waals surface area (Å²) in [5.74, 6) is 0. The third-order valence-electron chi connectivity index (χ3n) is 2.89. The molecule has 1 aliphatic rings. The van der Waals surface area contributed by atoms with E-state index in [1.165, 1.54) is 0 Å². The zero-order valence-corrected chi connectivity index (χ0v) is 10.7. The lowest BCUT2D eigenvalue weighted by Crippen LogP contribution is -2.33. The Bertz CT molecular complexity index is 497. The third kappa shape index (κ3) is 2.34. The molecule has 0 saturated heterocycles. The van der Waals surface area contributed by atoms with Gasteiger partial charge in [0.25, 0.3) is 0 Å². The molecule has 0 bridgehead atoms. The van der Waals surface area contributed by atoms with Gasteiger partial charge in [-0.05, 0) is 25.0 Å². The number of aromatic nitrogens is 1. The quantitative estimate of drug-likeness (QED) is 0.841. The highest BCUT2D eigenvalue weighted by atomic mass is 32.2. The molecule has 6 heteroatoms. The standard InChI is InChI=1S/C11H17N3O2S/c1-2-14(9-5-6-9)17(15,16)11-4-3-7-13-10(11)8-12/h3-4,7,9H,2,5-6,8,12H2,1H3. The maximum absolute atomic E-state index is 12.5. The Balaban J connectivity index is 2.42. The Hall–Kier alpha value is -0.980. The van der Waals surface area contributed by atoms with Gasteiger partial charge in [-0.1, -0.05) is 6.92 Å². The first kappa shape index (κ1) is 12.5. The molecule has 17 heavy (non-hydrogen) atoms. The van der Waals surface area contributed by atoms with Gasteiger partial charge in [0.1, 0.15) is 4.90 Å². The second kappa shape index (κ2) is 4.72. The largest absolute Gasteiger partial charge is 0.325 e. The fourth-order valence-corrected chi connectivity index (χ4v) is 3.80. The predicted molar refractivity (Wildman–Crippen MR) is 64.7 cm³/mol. The molecule has 1 aliphatic carbocycles. The summed E-state index contributed by atoms with van der Waals surface area (Å²) in [6.45, 7) is 2.48. The molecule has 0 amide bonds. The van der Waals surface area contributed by atoms with Gasteiger partial charge in [0.15, 0.2) is 0 Å². The van der Waals surface area contributed by atoms with Crippen molar-refractivity contribution in [3.63, 3.8) is 0 Å². The van der Waals surface area contributed by atoms with Gasteiger partial charge in [0, 0.05) is 25.3 Å². The zero-order chi connectivity index (χ0) is 12.5. The SMILES string of the molecule is CCN(C1CC1)S(=O)(=O)c1cccnc1CN. The van der Waals surface area contributed by atoms with Crippen LogP contribution in [0.2, 0.25) is 0 Å². The molecular weight excluding hydrogens is 238 g/mol. The summed E-state index contributed by atoms with van der Waals surface area (Å²) < 4.78 is 26.5. The molecule has 1 aromatic rings. The Morgan fingerprint density at radius 2 is 2.24 bits per heavy atom. The summed E-state index contributed by atoms with van der Waals surface area (Å²) in [6, 6.07) is 3.37. The first-order valence-corrected chi connectivity index (χ1v) is 7.21. The maximum atomic E-state index is 12.5. The molecule has 0 spiro atoms. The predicted octanol–water partition coefficient (Wildman–Crippen LogP) is 0.713. The van der Waals surface area contributed by atoms with Gasteiger partial charge < -0.3 is 5.73 Å². The van der Waals surface area contributed by atoms with Crippen LogP contribution in [0, 0.1) is 0 Å². The van der Waals surface area contributed by atoms with Crippen LogP contribution in [0.15, 0.2) is 23.2 Å². The molecule has 1 heterocycles. The molecule has 2 rings (SSSR count). The van der Waals surface area contributed by atoms with E-state index in [2.05, 4.69) is 4.98 Å². The molecule has 0 radical (unpaired) electrons. The number of pyridine rings is 1. The molecule has 0 aromatic carbocycles. The lowest BCUT2D eigenvalue weighted by atomic mass is 10.3. The summed E-state index contributed by atoms with van der Waals surface area (Å²) in [7, 11) is -3.44. The van der Waals surface area contributed by atoms with Crippen LogP contribution < -0.4 is 5.73 Å². The van der Waals surface area contributed by atoms with Crippen molar-refractivity contribution < 1.29 is 8.42 Å². The summed E-state index contributed by atoms with van der Waals surface area (Å²) >= 11 is 0. The smallest absolute Gasteiger partial charge is 0.245 e. The Morgan fingerprint density at radius 3 is 2.76 bits per heavy atom. The minimum absolute atomic E-state index is 0.137. The van der Waals surface area contributed by atoms with E-state index in [1.54, 1.807) is 22.6 Å². The number of hydrogen-bond acceptors (Lipinski definition) is 4. The molecule has 0 aliphatic heterocycles. The maximum Gasteiger partial charge on any atom is 0.245 e. The van der Waals surface area contributed by atoms with Crippen molar-refractivity contribution in [2.75, 3.05) is 6.54 Å². The number of nitrogens with two attached hydrogens (primary N) is 1. The van der Waals surface area contributed by atoms with Gasteiger partial charge in [-0.3, -0.25) is 4.98 Å². The van der Waals surface area contributed by atoms with Crippen molar-refractivity contribution in [2.24, 2.45) is 5.73 Å². The second-order valence-electron chi connectivity index (χ2n) is 4.09. The van der Waals surface area contributed by atoms with Crippen molar-refractivity contribution in [1.82, 2.24) is 9.29 Å². The minimum atomic E-state index is -3.44. The number of sulfonamides is 1. The molecular formula is C11H17N3O2S. The third-order valence-corrected chi connectivity index (χ3v) is 5.00. The van der Waals surface area contributed by atoms with E-state index in [9.17, 15) is 8.42 Å². The summed E-state index contributed by atoms with van der Waals surface area (Å²) in [4.78, 5) is 4.28. The summed E-state index contributed by atoms with van der Waals surface area (Å²) in [5.41, 5.74) is 5.97. The molecule has 1 fully saturated rings. The molecule has 1 saturated carbocycles. The van der Waals surface area contributed by atoms with Crippen LogP contribution in [0.25, 0.3) is 0 Å². The van der Waals surface area contributed by atoms with Crippen molar-refractivity contribution in [1.29, 1.82) is 0 Å². The average molecular weight is 255 g/mol. The fourth-order valence-electron chi connectivity index (χ4n) is 1.92. The molecule has 0 unspecified atom stereocenters. The van der Waals surface area contributed by atoms with E-state index in [4.69, 9.17) is 5.73 Å². The van der Waals surface area contributed by atoms with Crippen LogP contribution in [0.1, 0.15) is 25.5 Å². The molecule has 1 aromatic heterocycles. The molecule has 5 nitrogen and oxygen atoms in total. The highest BCUT2D eigenvalue weighted by Crippen LogP contribution is 2.32. The normalized spacial score (nSPS) is 16.4. The van der Waals surface area contributed by atoms with Crippen molar-refractivity contribution in [2.45, 2.75) is 37.2 Å². The number of nitrogens with zero attached hydrogens (tertiary/aromatic N) is 2. The van der Waals surface area contributed by atoms with Gasteiger partial charge >= 0.3 is 0 Å². The number of rotatable bonds is 5. The van der Waals surface area contributed by atoms with E-state index in [0.717, 1.165) is 12.8 Å². The van der Waals surface area contributed by atoms with Crippen LogP contribution in [-0.4, -0.2) is 30.3 Å². The van der Waals surface area contributed by atoms with Crippen molar-refractivity contribution >= 4 is 10.0 Å². The second-order valence-corrected chi connectivity index (χ2v) is 5.95. The van der Waals surface area contributed by atoms with E-state index >= 15 is 0 Å². The molecule has 0 atom stereocenters. The summed E-state index contributed by atoms with van der Waals surface area (Å²) in [6.07, 6.45) is 3.46.